The average molecular weight is 549 g/mol. The van der Waals surface area contributed by atoms with Crippen LogP contribution in [0.4, 0.5) is 0 Å². The van der Waals surface area contributed by atoms with Crippen molar-refractivity contribution >= 4 is 33.8 Å². The molecule has 2 unspecified atom stereocenters. The molecule has 0 spiro atoms. The van der Waals surface area contributed by atoms with Gasteiger partial charge >= 0.3 is 17.1 Å². The van der Waals surface area contributed by atoms with Crippen LogP contribution in [0.1, 0.15) is 104 Å². The summed E-state index contributed by atoms with van der Waals surface area (Å²) in [7, 11) is -7.76. The second-order valence-corrected chi connectivity index (χ2v) is 29.8. The molecule has 0 heterocycles. The lowest BCUT2D eigenvalue weighted by molar-refractivity contribution is 0.313. The predicted molar refractivity (Wildman–Crippen MR) is 163 cm³/mol. The van der Waals surface area contributed by atoms with Gasteiger partial charge in [-0.25, -0.2) is 0 Å². The minimum absolute atomic E-state index is 0.664. The maximum Gasteiger partial charge on any atom is 0.316 e. The third kappa shape index (κ3) is 22.0. The Balaban J connectivity index is 4.26. The fraction of sp³-hybridized carbons (Fsp3) is 1.00. The van der Waals surface area contributed by atoms with Crippen molar-refractivity contribution < 1.29 is 12.3 Å². The minimum atomic E-state index is -2.27. The lowest BCUT2D eigenvalue weighted by Gasteiger charge is -2.42. The van der Waals surface area contributed by atoms with Crippen LogP contribution in [-0.2, 0) is 12.3 Å². The van der Waals surface area contributed by atoms with Gasteiger partial charge in [0.15, 0.2) is 16.6 Å². The van der Waals surface area contributed by atoms with E-state index >= 15 is 0 Å². The summed E-state index contributed by atoms with van der Waals surface area (Å²) in [6, 6.07) is 1.10. The van der Waals surface area contributed by atoms with Crippen LogP contribution in [0, 0.1) is 5.92 Å². The van der Waals surface area contributed by atoms with Gasteiger partial charge in [-0.15, -0.1) is 0 Å². The van der Waals surface area contributed by atoms with E-state index < -0.39 is 33.8 Å². The van der Waals surface area contributed by atoms with Crippen molar-refractivity contribution in [3.05, 3.63) is 0 Å². The summed E-state index contributed by atoms with van der Waals surface area (Å²) >= 11 is 0. The van der Waals surface area contributed by atoms with Gasteiger partial charge in [0, 0.05) is 0 Å². The van der Waals surface area contributed by atoms with Crippen molar-refractivity contribution in [3.63, 3.8) is 0 Å². The second-order valence-electron chi connectivity index (χ2n) is 13.4. The highest BCUT2D eigenvalue weighted by Gasteiger charge is 2.45. The first-order valence-corrected chi connectivity index (χ1v) is 26.8. The van der Waals surface area contributed by atoms with Crippen LogP contribution in [-0.4, -0.2) is 33.8 Å². The van der Waals surface area contributed by atoms with Crippen LogP contribution in [0.25, 0.3) is 0 Å². The predicted octanol–water partition coefficient (Wildman–Crippen LogP) is 10.6. The molecule has 2 atom stereocenters. The Morgan fingerprint density at radius 3 is 1.26 bits per heavy atom. The molecule has 7 heteroatoms. The van der Waals surface area contributed by atoms with Crippen LogP contribution >= 0.6 is 0 Å². The standard InChI is InChI=1S/C27H64O3Si4/c1-12-13-14-15-16-17-18-19-20-21-22-23-24-25-27(2)26-34(11,29-32(6,7)8)30-33(9,10)28-31(3,4)5/h27H,12-26H2,1-11H3. The van der Waals surface area contributed by atoms with E-state index in [1.165, 1.54) is 89.9 Å². The molecule has 3 nitrogen and oxygen atoms in total. The number of rotatable bonds is 22. The Morgan fingerprint density at radius 2 is 0.882 bits per heavy atom. The van der Waals surface area contributed by atoms with E-state index in [1.807, 2.05) is 0 Å². The molecule has 0 aliphatic carbocycles. The van der Waals surface area contributed by atoms with Crippen molar-refractivity contribution in [2.75, 3.05) is 0 Å². The van der Waals surface area contributed by atoms with Gasteiger partial charge in [-0.1, -0.05) is 104 Å². The fourth-order valence-electron chi connectivity index (χ4n) is 5.28. The van der Waals surface area contributed by atoms with Crippen LogP contribution in [0.2, 0.25) is 65.0 Å². The quantitative estimate of drug-likeness (QED) is 0.0994. The summed E-state index contributed by atoms with van der Waals surface area (Å²) in [6.07, 6.45) is 19.8. The van der Waals surface area contributed by atoms with Gasteiger partial charge in [-0.05, 0) is 70.9 Å². The molecule has 34 heavy (non-hydrogen) atoms. The minimum Gasteiger partial charge on any atom is -0.437 e. The first kappa shape index (κ1) is 34.7. The van der Waals surface area contributed by atoms with E-state index in [9.17, 15) is 0 Å². The maximum absolute atomic E-state index is 6.87. The summed E-state index contributed by atoms with van der Waals surface area (Å²) in [5.74, 6) is 0.664. The molecular formula is C27H64O3Si4. The van der Waals surface area contributed by atoms with E-state index in [4.69, 9.17) is 12.3 Å². The van der Waals surface area contributed by atoms with Crippen LogP contribution < -0.4 is 0 Å². The van der Waals surface area contributed by atoms with E-state index in [0.717, 1.165) is 6.04 Å². The molecule has 0 fully saturated rings. The van der Waals surface area contributed by atoms with Gasteiger partial charge < -0.3 is 12.3 Å². The molecule has 0 aliphatic heterocycles. The van der Waals surface area contributed by atoms with Gasteiger partial charge in [0.2, 0.25) is 0 Å². The lowest BCUT2D eigenvalue weighted by atomic mass is 10.0. The Bertz CT molecular complexity index is 503. The Hall–Kier alpha value is 0.748. The first-order valence-electron chi connectivity index (χ1n) is 14.7. The molecule has 0 N–H and O–H groups in total. The first-order chi connectivity index (χ1) is 15.6. The average Bonchev–Trinajstić information content (AvgIpc) is 2.60. The van der Waals surface area contributed by atoms with E-state index in [2.05, 4.69) is 72.8 Å². The SMILES string of the molecule is CCCCCCCCCCCCCCCC(C)C[Si](C)(O[Si](C)(C)C)O[Si](C)(C)O[Si](C)(C)C. The highest BCUT2D eigenvalue weighted by atomic mass is 28.5. The molecule has 206 valence electrons. The normalized spacial score (nSPS) is 16.0. The number of hydrogen-bond donors (Lipinski definition) is 0. The van der Waals surface area contributed by atoms with Gasteiger partial charge in [0.05, 0.1) is 0 Å². The third-order valence-corrected chi connectivity index (χ3v) is 19.8. The summed E-state index contributed by atoms with van der Waals surface area (Å²) in [5, 5.41) is 0. The van der Waals surface area contributed by atoms with Crippen molar-refractivity contribution in [1.29, 1.82) is 0 Å². The highest BCUT2D eigenvalue weighted by Crippen LogP contribution is 2.31. The molecule has 0 aromatic heterocycles. The summed E-state index contributed by atoms with van der Waals surface area (Å²) in [5.41, 5.74) is 0. The molecule has 0 rings (SSSR count). The molecule has 0 radical (unpaired) electrons. The fourth-order valence-corrected chi connectivity index (χ4v) is 23.7. The van der Waals surface area contributed by atoms with E-state index in [1.54, 1.807) is 0 Å². The van der Waals surface area contributed by atoms with Gasteiger partial charge in [-0.3, -0.25) is 0 Å². The van der Waals surface area contributed by atoms with Crippen LogP contribution in [0.15, 0.2) is 0 Å². The lowest BCUT2D eigenvalue weighted by Crippen LogP contribution is -2.57. The summed E-state index contributed by atoms with van der Waals surface area (Å²) in [4.78, 5) is 0. The largest absolute Gasteiger partial charge is 0.437 e. The Morgan fingerprint density at radius 1 is 0.500 bits per heavy atom. The zero-order valence-corrected chi connectivity index (χ0v) is 29.4. The maximum atomic E-state index is 6.87. The number of unbranched alkanes of at least 4 members (excludes halogenated alkanes) is 12. The Kier molecular flexibility index (Phi) is 17.7. The van der Waals surface area contributed by atoms with Gasteiger partial charge in [0.1, 0.15) is 0 Å². The molecule has 0 bridgehead atoms. The highest BCUT2D eigenvalue weighted by molar-refractivity contribution is 6.89. The molecule has 0 saturated heterocycles. The van der Waals surface area contributed by atoms with E-state index in [0.29, 0.717) is 5.92 Å². The summed E-state index contributed by atoms with van der Waals surface area (Å²) < 4.78 is 20.2. The third-order valence-electron chi connectivity index (χ3n) is 6.06. The monoisotopic (exact) mass is 548 g/mol. The molecule has 0 amide bonds. The van der Waals surface area contributed by atoms with Gasteiger partial charge in [0.25, 0.3) is 0 Å². The zero-order valence-electron chi connectivity index (χ0n) is 25.4. The molecular weight excluding hydrogens is 485 g/mol. The molecule has 0 saturated carbocycles. The van der Waals surface area contributed by atoms with Crippen molar-refractivity contribution in [2.45, 2.75) is 169 Å². The van der Waals surface area contributed by atoms with E-state index in [-0.39, 0.29) is 0 Å². The van der Waals surface area contributed by atoms with Crippen LogP contribution in [0.5, 0.6) is 0 Å². The molecule has 0 aromatic rings. The smallest absolute Gasteiger partial charge is 0.316 e. The number of hydrogen-bond acceptors (Lipinski definition) is 3. The van der Waals surface area contributed by atoms with Crippen LogP contribution in [0.3, 0.4) is 0 Å². The summed E-state index contributed by atoms with van der Waals surface area (Å²) in [6.45, 7) is 25.2. The van der Waals surface area contributed by atoms with Crippen molar-refractivity contribution in [3.8, 4) is 0 Å². The second kappa shape index (κ2) is 17.3. The van der Waals surface area contributed by atoms with Crippen molar-refractivity contribution in [1.82, 2.24) is 0 Å². The Labute approximate surface area is 220 Å². The molecule has 0 aliphatic rings. The topological polar surface area (TPSA) is 27.7 Å². The zero-order chi connectivity index (χ0) is 26.3. The van der Waals surface area contributed by atoms with Gasteiger partial charge in [-0.2, -0.15) is 0 Å². The molecule has 0 aromatic carbocycles. The van der Waals surface area contributed by atoms with Crippen molar-refractivity contribution in [2.24, 2.45) is 5.92 Å².